The van der Waals surface area contributed by atoms with E-state index in [4.69, 9.17) is 26.4 Å². The smallest absolute Gasteiger partial charge is 0.459 e. The fourth-order valence-corrected chi connectivity index (χ4v) is 7.55. The molecule has 0 aromatic heterocycles. The highest BCUT2D eigenvalue weighted by Crippen LogP contribution is 2.51. The van der Waals surface area contributed by atoms with Crippen LogP contribution < -0.4 is 9.61 Å². The molecule has 1 saturated heterocycles. The van der Waals surface area contributed by atoms with Crippen molar-refractivity contribution in [2.45, 2.75) is 95.4 Å². The van der Waals surface area contributed by atoms with Crippen LogP contribution in [-0.2, 0) is 23.4 Å². The zero-order valence-electron chi connectivity index (χ0n) is 22.1. The Bertz CT molecular complexity index is 937. The second-order valence-electron chi connectivity index (χ2n) is 10.9. The first kappa shape index (κ1) is 28.6. The number of rotatable bonds is 8. The second kappa shape index (κ2) is 12.7. The van der Waals surface area contributed by atoms with Crippen LogP contribution in [0.1, 0.15) is 71.1 Å². The standard InChI is InChI=1S/C27H41BNO7P/c1-19(25(31)33-2)29-37(32,36-22-13-7-5-8-14-22)34-18-23-24(30)27(26(28)35-23)15-9-4-3-6-11-20-17-21(20)12-10-16-27/h5,7-8,13-14,19-21,23-24,26,30H,3-4,6,9-12,15-18H2,1-2H3,(H,29,32). The Morgan fingerprint density at radius 3 is 2.57 bits per heavy atom. The Morgan fingerprint density at radius 1 is 1.16 bits per heavy atom. The molecule has 1 aromatic rings. The molecule has 3 aliphatic rings. The van der Waals surface area contributed by atoms with Gasteiger partial charge >= 0.3 is 13.7 Å². The van der Waals surface area contributed by atoms with Crippen LogP contribution in [0.5, 0.6) is 5.75 Å². The summed E-state index contributed by atoms with van der Waals surface area (Å²) in [6, 6.07) is 6.99. The number of carbonyl (C=O) groups excluding carboxylic acids is 1. The van der Waals surface area contributed by atoms with E-state index in [1.807, 2.05) is 0 Å². The lowest BCUT2D eigenvalue weighted by molar-refractivity contribution is -0.142. The lowest BCUT2D eigenvalue weighted by atomic mass is 9.64. The predicted molar refractivity (Wildman–Crippen MR) is 141 cm³/mol. The molecule has 3 fully saturated rings. The molecule has 2 radical (unpaired) electrons. The molecule has 0 bridgehead atoms. The van der Waals surface area contributed by atoms with Crippen LogP contribution in [-0.4, -0.2) is 56.9 Å². The number of ether oxygens (including phenoxy) is 2. The number of aliphatic hydroxyl groups is 1. The van der Waals surface area contributed by atoms with Crippen molar-refractivity contribution in [1.82, 2.24) is 5.09 Å². The molecule has 10 heteroatoms. The molecule has 8 nitrogen and oxygen atoms in total. The molecule has 1 aliphatic heterocycles. The van der Waals surface area contributed by atoms with Crippen molar-refractivity contribution in [3.8, 4) is 5.75 Å². The average Bonchev–Trinajstić information content (AvgIpc) is 3.58. The first-order chi connectivity index (χ1) is 17.8. The van der Waals surface area contributed by atoms with E-state index in [1.165, 1.54) is 46.1 Å². The van der Waals surface area contributed by atoms with Crippen LogP contribution in [0, 0.1) is 17.3 Å². The number of fused-ring (bicyclic) bond motifs is 1. The lowest BCUT2D eigenvalue weighted by Gasteiger charge is -2.36. The molecular formula is C27H41BNO7P. The van der Waals surface area contributed by atoms with Crippen molar-refractivity contribution < 1.29 is 33.0 Å². The van der Waals surface area contributed by atoms with E-state index in [0.29, 0.717) is 5.75 Å². The minimum absolute atomic E-state index is 0.202. The van der Waals surface area contributed by atoms with Crippen molar-refractivity contribution in [3.05, 3.63) is 30.3 Å². The maximum absolute atomic E-state index is 13.7. The highest BCUT2D eigenvalue weighted by molar-refractivity contribution is 7.52. The SMILES string of the molecule is [B]C1OC(COP(=O)(NC(C)C(=O)OC)Oc2ccccc2)C(O)C12CCCCCCC1CC1CCC2. The van der Waals surface area contributed by atoms with Gasteiger partial charge in [0.1, 0.15) is 25.7 Å². The number of esters is 1. The highest BCUT2D eigenvalue weighted by Gasteiger charge is 2.53. The van der Waals surface area contributed by atoms with E-state index < -0.39 is 43.4 Å². The molecule has 8 atom stereocenters. The van der Waals surface area contributed by atoms with Gasteiger partial charge in [0.25, 0.3) is 0 Å². The van der Waals surface area contributed by atoms with Crippen molar-refractivity contribution >= 4 is 21.6 Å². The van der Waals surface area contributed by atoms with Crippen molar-refractivity contribution in [2.24, 2.45) is 17.3 Å². The van der Waals surface area contributed by atoms with Gasteiger partial charge in [0.2, 0.25) is 0 Å². The Morgan fingerprint density at radius 2 is 1.84 bits per heavy atom. The van der Waals surface area contributed by atoms with Crippen molar-refractivity contribution in [1.29, 1.82) is 0 Å². The van der Waals surface area contributed by atoms with Crippen LogP contribution in [0.4, 0.5) is 0 Å². The molecular weight excluding hydrogens is 492 g/mol. The molecule has 4 rings (SSSR count). The van der Waals surface area contributed by atoms with Gasteiger partial charge in [-0.25, -0.2) is 4.57 Å². The molecule has 1 aromatic carbocycles. The van der Waals surface area contributed by atoms with Crippen LogP contribution >= 0.6 is 7.75 Å². The zero-order valence-corrected chi connectivity index (χ0v) is 22.9. The quantitative estimate of drug-likeness (QED) is 0.281. The topological polar surface area (TPSA) is 103 Å². The van der Waals surface area contributed by atoms with E-state index in [1.54, 1.807) is 30.3 Å². The molecule has 0 amide bonds. The van der Waals surface area contributed by atoms with Crippen LogP contribution in [0.25, 0.3) is 0 Å². The third-order valence-electron chi connectivity index (χ3n) is 8.37. The van der Waals surface area contributed by atoms with Gasteiger partial charge in [-0.05, 0) is 50.2 Å². The Hall–Kier alpha value is -1.38. The molecule has 37 heavy (non-hydrogen) atoms. The van der Waals surface area contributed by atoms with E-state index >= 15 is 0 Å². The van der Waals surface area contributed by atoms with E-state index in [9.17, 15) is 14.5 Å². The second-order valence-corrected chi connectivity index (χ2v) is 12.6. The number of para-hydroxylation sites is 1. The maximum atomic E-state index is 13.7. The van der Waals surface area contributed by atoms with Gasteiger partial charge in [0.05, 0.1) is 19.8 Å². The number of aliphatic hydroxyl groups excluding tert-OH is 1. The fraction of sp³-hybridized carbons (Fsp3) is 0.741. The summed E-state index contributed by atoms with van der Waals surface area (Å²) < 4.78 is 35.9. The minimum atomic E-state index is -4.04. The lowest BCUT2D eigenvalue weighted by Crippen LogP contribution is -2.42. The summed E-state index contributed by atoms with van der Waals surface area (Å²) in [6.07, 6.45) is 9.43. The van der Waals surface area contributed by atoms with E-state index in [-0.39, 0.29) is 6.61 Å². The number of hydrogen-bond donors (Lipinski definition) is 2. The molecule has 8 unspecified atom stereocenters. The maximum Gasteiger partial charge on any atom is 0.459 e. The molecule has 2 N–H and O–H groups in total. The van der Waals surface area contributed by atoms with Crippen molar-refractivity contribution in [2.75, 3.05) is 13.7 Å². The van der Waals surface area contributed by atoms with Gasteiger partial charge in [-0.3, -0.25) is 9.32 Å². The summed E-state index contributed by atoms with van der Waals surface area (Å²) in [5.74, 6) is 1.41. The fourth-order valence-electron chi connectivity index (χ4n) is 6.05. The molecule has 2 aliphatic carbocycles. The van der Waals surface area contributed by atoms with Gasteiger partial charge in [0.15, 0.2) is 0 Å². The summed E-state index contributed by atoms with van der Waals surface area (Å²) in [5, 5.41) is 14.1. The third-order valence-corrected chi connectivity index (χ3v) is 10.0. The number of methoxy groups -OCH3 is 1. The van der Waals surface area contributed by atoms with E-state index in [2.05, 4.69) is 5.09 Å². The van der Waals surface area contributed by atoms with Gasteiger partial charge in [-0.1, -0.05) is 63.1 Å². The Labute approximate surface area is 222 Å². The first-order valence-corrected chi connectivity index (χ1v) is 15.2. The summed E-state index contributed by atoms with van der Waals surface area (Å²) in [4.78, 5) is 12.0. The highest BCUT2D eigenvalue weighted by atomic mass is 31.2. The van der Waals surface area contributed by atoms with Crippen LogP contribution in [0.3, 0.4) is 0 Å². The van der Waals surface area contributed by atoms with Gasteiger partial charge in [0, 0.05) is 11.4 Å². The third kappa shape index (κ3) is 7.18. The van der Waals surface area contributed by atoms with Gasteiger partial charge < -0.3 is 19.1 Å². The summed E-state index contributed by atoms with van der Waals surface area (Å²) in [5.41, 5.74) is -0.561. The summed E-state index contributed by atoms with van der Waals surface area (Å²) in [6.45, 7) is 1.31. The predicted octanol–water partition coefficient (Wildman–Crippen LogP) is 4.74. The largest absolute Gasteiger partial charge is 0.468 e. The molecule has 1 spiro atoms. The minimum Gasteiger partial charge on any atom is -0.468 e. The number of carbonyl (C=O) groups is 1. The Balaban J connectivity index is 1.44. The normalized spacial score (nSPS) is 34.8. The summed E-state index contributed by atoms with van der Waals surface area (Å²) >= 11 is 0. The van der Waals surface area contributed by atoms with Gasteiger partial charge in [-0.15, -0.1) is 0 Å². The van der Waals surface area contributed by atoms with Crippen LogP contribution in [0.2, 0.25) is 0 Å². The summed E-state index contributed by atoms with van der Waals surface area (Å²) in [7, 11) is 3.75. The number of benzene rings is 1. The van der Waals surface area contributed by atoms with E-state index in [0.717, 1.165) is 43.9 Å². The average molecular weight is 533 g/mol. The monoisotopic (exact) mass is 533 g/mol. The van der Waals surface area contributed by atoms with Crippen LogP contribution in [0.15, 0.2) is 30.3 Å². The first-order valence-electron chi connectivity index (χ1n) is 13.7. The molecule has 1 heterocycles. The van der Waals surface area contributed by atoms with Gasteiger partial charge in [-0.2, -0.15) is 5.09 Å². The molecule has 204 valence electrons. The number of hydrogen-bond acceptors (Lipinski definition) is 7. The van der Waals surface area contributed by atoms with Crippen molar-refractivity contribution in [3.63, 3.8) is 0 Å². The Kier molecular flexibility index (Phi) is 9.79. The number of nitrogens with one attached hydrogen (secondary N) is 1. The molecule has 2 saturated carbocycles. The zero-order chi connectivity index (χ0) is 26.5.